The number of aryl methyl sites for hydroxylation is 2. The van der Waals surface area contributed by atoms with E-state index in [0.717, 1.165) is 40.1 Å². The number of aromatic nitrogens is 5. The first-order valence-corrected chi connectivity index (χ1v) is 11.6. The summed E-state index contributed by atoms with van der Waals surface area (Å²) in [5, 5.41) is 0. The fraction of sp³-hybridized carbons (Fsp3) is 0.172. The second-order valence-electron chi connectivity index (χ2n) is 9.27. The SMILES string of the molecule is Cc1cccc(C)c1-c1nccn1-c1cccc(C(C)(C)c2cccc(-c3ccc(F)nc3F)n2)n1. The Morgan fingerprint density at radius 1 is 0.750 bits per heavy atom. The number of imidazole rings is 1. The number of pyridine rings is 3. The minimum atomic E-state index is -0.892. The fourth-order valence-corrected chi connectivity index (χ4v) is 4.41. The van der Waals surface area contributed by atoms with Crippen LogP contribution in [0.1, 0.15) is 36.4 Å². The maximum absolute atomic E-state index is 14.3. The quantitative estimate of drug-likeness (QED) is 0.265. The summed E-state index contributed by atoms with van der Waals surface area (Å²) in [7, 11) is 0. The minimum absolute atomic E-state index is 0.146. The molecule has 0 atom stereocenters. The Hall–Kier alpha value is -4.26. The zero-order chi connectivity index (χ0) is 25.4. The van der Waals surface area contributed by atoms with E-state index in [9.17, 15) is 8.78 Å². The minimum Gasteiger partial charge on any atom is -0.284 e. The van der Waals surface area contributed by atoms with Crippen LogP contribution in [0.5, 0.6) is 0 Å². The van der Waals surface area contributed by atoms with E-state index in [0.29, 0.717) is 11.4 Å². The fourth-order valence-electron chi connectivity index (χ4n) is 4.41. The van der Waals surface area contributed by atoms with Gasteiger partial charge in [-0.05, 0) is 75.2 Å². The summed E-state index contributed by atoms with van der Waals surface area (Å²) in [6.45, 7) is 8.19. The van der Waals surface area contributed by atoms with Crippen LogP contribution >= 0.6 is 0 Å². The van der Waals surface area contributed by atoms with E-state index in [1.165, 1.54) is 6.07 Å². The molecule has 5 rings (SSSR count). The Kier molecular flexibility index (Phi) is 5.92. The zero-order valence-corrected chi connectivity index (χ0v) is 20.5. The number of hydrogen-bond acceptors (Lipinski definition) is 4. The van der Waals surface area contributed by atoms with Crippen LogP contribution in [0, 0.1) is 25.7 Å². The number of rotatable bonds is 5. The molecule has 36 heavy (non-hydrogen) atoms. The van der Waals surface area contributed by atoms with E-state index >= 15 is 0 Å². The van der Waals surface area contributed by atoms with Gasteiger partial charge in [0, 0.05) is 23.4 Å². The molecule has 0 saturated heterocycles. The second-order valence-corrected chi connectivity index (χ2v) is 9.27. The Morgan fingerprint density at radius 2 is 1.42 bits per heavy atom. The Balaban J connectivity index is 1.56. The molecule has 0 radical (unpaired) electrons. The van der Waals surface area contributed by atoms with Crippen molar-refractivity contribution in [2.24, 2.45) is 0 Å². The molecule has 0 bridgehead atoms. The number of nitrogens with zero attached hydrogens (tertiary/aromatic N) is 5. The van der Waals surface area contributed by atoms with E-state index in [4.69, 9.17) is 9.97 Å². The first-order valence-electron chi connectivity index (χ1n) is 11.6. The molecule has 1 aromatic carbocycles. The molecule has 0 aliphatic heterocycles. The van der Waals surface area contributed by atoms with Crippen molar-refractivity contribution in [3.8, 4) is 28.5 Å². The molecule has 0 unspecified atom stereocenters. The van der Waals surface area contributed by atoms with E-state index in [-0.39, 0.29) is 5.56 Å². The highest BCUT2D eigenvalue weighted by Crippen LogP contribution is 2.32. The average molecular weight is 482 g/mol. The van der Waals surface area contributed by atoms with Gasteiger partial charge in [-0.1, -0.05) is 30.3 Å². The van der Waals surface area contributed by atoms with Gasteiger partial charge < -0.3 is 0 Å². The van der Waals surface area contributed by atoms with Crippen LogP contribution in [0.25, 0.3) is 28.5 Å². The van der Waals surface area contributed by atoms with Crippen LogP contribution in [0.2, 0.25) is 0 Å². The maximum atomic E-state index is 14.3. The van der Waals surface area contributed by atoms with Crippen LogP contribution in [-0.2, 0) is 5.41 Å². The normalized spacial score (nSPS) is 11.6. The third-order valence-electron chi connectivity index (χ3n) is 6.45. The topological polar surface area (TPSA) is 56.5 Å². The highest BCUT2D eigenvalue weighted by atomic mass is 19.1. The summed E-state index contributed by atoms with van der Waals surface area (Å²) in [5.41, 5.74) is 4.79. The van der Waals surface area contributed by atoms with Crippen molar-refractivity contribution >= 4 is 0 Å². The van der Waals surface area contributed by atoms with Crippen molar-refractivity contribution in [1.82, 2.24) is 24.5 Å². The van der Waals surface area contributed by atoms with E-state index in [2.05, 4.69) is 35.9 Å². The average Bonchev–Trinajstić information content (AvgIpc) is 3.33. The van der Waals surface area contributed by atoms with Gasteiger partial charge in [-0.15, -0.1) is 0 Å². The molecule has 0 saturated carbocycles. The van der Waals surface area contributed by atoms with Crippen LogP contribution < -0.4 is 0 Å². The Bertz CT molecular complexity index is 1550. The standard InChI is InChI=1S/C29H25F2N5/c1-18-8-5-9-19(2)26(18)28-32-16-17-36(28)25-13-7-12-23(34-25)29(3,4)22-11-6-10-21(33-22)20-14-15-24(30)35-27(20)31/h5-17H,1-4H3. The molecule has 0 N–H and O–H groups in total. The maximum Gasteiger partial charge on any atom is 0.224 e. The summed E-state index contributed by atoms with van der Waals surface area (Å²) in [6.07, 6.45) is 3.68. The molecular weight excluding hydrogens is 456 g/mol. The first-order chi connectivity index (χ1) is 17.3. The molecule has 4 heterocycles. The van der Waals surface area contributed by atoms with Crippen molar-refractivity contribution in [2.45, 2.75) is 33.1 Å². The van der Waals surface area contributed by atoms with Gasteiger partial charge in [0.25, 0.3) is 0 Å². The zero-order valence-electron chi connectivity index (χ0n) is 20.5. The highest BCUT2D eigenvalue weighted by Gasteiger charge is 2.28. The summed E-state index contributed by atoms with van der Waals surface area (Å²) < 4.78 is 29.6. The molecule has 0 fully saturated rings. The Labute approximate surface area is 208 Å². The number of halogens is 2. The molecule has 0 aliphatic carbocycles. The molecule has 7 heteroatoms. The summed E-state index contributed by atoms with van der Waals surface area (Å²) >= 11 is 0. The molecule has 5 aromatic rings. The van der Waals surface area contributed by atoms with Gasteiger partial charge in [0.05, 0.1) is 22.6 Å². The lowest BCUT2D eigenvalue weighted by atomic mass is 9.84. The van der Waals surface area contributed by atoms with Gasteiger partial charge >= 0.3 is 0 Å². The van der Waals surface area contributed by atoms with E-state index < -0.39 is 17.3 Å². The lowest BCUT2D eigenvalue weighted by Gasteiger charge is -2.25. The van der Waals surface area contributed by atoms with Crippen molar-refractivity contribution in [3.05, 3.63) is 114 Å². The van der Waals surface area contributed by atoms with Crippen LogP contribution in [0.3, 0.4) is 0 Å². The summed E-state index contributed by atoms with van der Waals surface area (Å²) in [5.74, 6) is -0.196. The van der Waals surface area contributed by atoms with Crippen LogP contribution in [-0.4, -0.2) is 24.5 Å². The van der Waals surface area contributed by atoms with Gasteiger partial charge in [0.2, 0.25) is 11.9 Å². The summed E-state index contributed by atoms with van der Waals surface area (Å²) in [4.78, 5) is 17.6. The predicted octanol–water partition coefficient (Wildman–Crippen LogP) is 6.61. The van der Waals surface area contributed by atoms with Gasteiger partial charge in [-0.3, -0.25) is 9.55 Å². The third-order valence-corrected chi connectivity index (χ3v) is 6.45. The second kappa shape index (κ2) is 9.07. The van der Waals surface area contributed by atoms with Crippen LogP contribution in [0.4, 0.5) is 8.78 Å². The van der Waals surface area contributed by atoms with E-state index in [1.54, 1.807) is 18.3 Å². The van der Waals surface area contributed by atoms with Gasteiger partial charge in [0.1, 0.15) is 11.6 Å². The molecule has 5 nitrogen and oxygen atoms in total. The number of hydrogen-bond donors (Lipinski definition) is 0. The van der Waals surface area contributed by atoms with Crippen LogP contribution in [0.15, 0.2) is 79.1 Å². The largest absolute Gasteiger partial charge is 0.284 e. The first kappa shape index (κ1) is 23.5. The van der Waals surface area contributed by atoms with Gasteiger partial charge in [-0.25, -0.2) is 9.97 Å². The van der Waals surface area contributed by atoms with Crippen molar-refractivity contribution in [2.75, 3.05) is 0 Å². The third kappa shape index (κ3) is 4.17. The van der Waals surface area contributed by atoms with Crippen molar-refractivity contribution in [1.29, 1.82) is 0 Å². The molecule has 0 aliphatic rings. The number of benzene rings is 1. The van der Waals surface area contributed by atoms with Gasteiger partial charge in [0.15, 0.2) is 0 Å². The smallest absolute Gasteiger partial charge is 0.224 e. The van der Waals surface area contributed by atoms with Crippen molar-refractivity contribution < 1.29 is 8.78 Å². The monoisotopic (exact) mass is 481 g/mol. The summed E-state index contributed by atoms with van der Waals surface area (Å²) in [6, 6.07) is 19.9. The molecule has 0 amide bonds. The molecule has 4 aromatic heterocycles. The lowest BCUT2D eigenvalue weighted by molar-refractivity contribution is 0.514. The molecular formula is C29H25F2N5. The predicted molar refractivity (Wildman–Crippen MR) is 136 cm³/mol. The van der Waals surface area contributed by atoms with E-state index in [1.807, 2.05) is 54.9 Å². The highest BCUT2D eigenvalue weighted by molar-refractivity contribution is 5.66. The molecule has 180 valence electrons. The molecule has 0 spiro atoms. The van der Waals surface area contributed by atoms with Gasteiger partial charge in [-0.2, -0.15) is 13.8 Å². The Morgan fingerprint density at radius 3 is 2.14 bits per heavy atom. The lowest BCUT2D eigenvalue weighted by Crippen LogP contribution is -2.23. The van der Waals surface area contributed by atoms with Crippen molar-refractivity contribution in [3.63, 3.8) is 0 Å².